The van der Waals surface area contributed by atoms with Crippen molar-refractivity contribution in [2.75, 3.05) is 0 Å². The number of hydrogen-bond acceptors (Lipinski definition) is 6. The molecule has 0 saturated heterocycles. The summed E-state index contributed by atoms with van der Waals surface area (Å²) in [6.07, 6.45) is 0. The van der Waals surface area contributed by atoms with Gasteiger partial charge in [0.15, 0.2) is 17.5 Å². The lowest BCUT2D eigenvalue weighted by molar-refractivity contribution is 0.660. The van der Waals surface area contributed by atoms with E-state index in [1.807, 2.05) is 72.8 Å². The van der Waals surface area contributed by atoms with Crippen molar-refractivity contribution in [3.8, 4) is 67.5 Å². The quantitative estimate of drug-likeness (QED) is 0.172. The average Bonchev–Trinajstić information content (AvgIpc) is 4.12. The van der Waals surface area contributed by atoms with Gasteiger partial charge in [-0.3, -0.25) is 0 Å². The van der Waals surface area contributed by atoms with Crippen LogP contribution in [-0.4, -0.2) is 15.0 Å². The Morgan fingerprint density at radius 1 is 0.318 bits per heavy atom. The van der Waals surface area contributed by atoms with Crippen LogP contribution in [0.25, 0.3) is 133 Å². The number of aromatic nitrogens is 3. The third-order valence-corrected chi connectivity index (χ3v) is 13.8. The maximum atomic E-state index is 6.60. The van der Waals surface area contributed by atoms with E-state index in [1.165, 1.54) is 33.4 Å². The molecule has 0 unspecified atom stereocenters. The first-order valence-electron chi connectivity index (χ1n) is 22.3. The van der Waals surface area contributed by atoms with E-state index >= 15 is 0 Å². The number of benzene rings is 9. The molecule has 0 N–H and O–H groups in total. The van der Waals surface area contributed by atoms with Crippen molar-refractivity contribution in [1.82, 2.24) is 15.0 Å². The smallest absolute Gasteiger partial charge is 0.167 e. The predicted molar refractivity (Wildman–Crippen MR) is 266 cm³/mol. The fraction of sp³-hybridized carbons (Fsp3) is 0.0500. The lowest BCUT2D eigenvalue weighted by atomic mass is 9.81. The van der Waals surface area contributed by atoms with Crippen molar-refractivity contribution in [1.29, 1.82) is 0 Å². The molecule has 0 atom stereocenters. The Hall–Kier alpha value is -8.61. The maximum absolute atomic E-state index is 6.60. The molecule has 66 heavy (non-hydrogen) atoms. The summed E-state index contributed by atoms with van der Waals surface area (Å²) in [5.41, 5.74) is 16.8. The molecular formula is C60H37N3O3. The summed E-state index contributed by atoms with van der Waals surface area (Å²) in [6.45, 7) is 4.66. The third-order valence-electron chi connectivity index (χ3n) is 13.8. The van der Waals surface area contributed by atoms with Gasteiger partial charge in [0, 0.05) is 43.3 Å². The lowest BCUT2D eigenvalue weighted by Gasteiger charge is -2.22. The summed E-state index contributed by atoms with van der Waals surface area (Å²) in [4.78, 5) is 15.8. The molecule has 9 aromatic carbocycles. The number of para-hydroxylation sites is 4. The van der Waals surface area contributed by atoms with Gasteiger partial charge in [-0.15, -0.1) is 0 Å². The second-order valence-corrected chi connectivity index (χ2v) is 17.9. The lowest BCUT2D eigenvalue weighted by Crippen LogP contribution is -2.14. The zero-order chi connectivity index (χ0) is 43.7. The minimum absolute atomic E-state index is 0.0772. The van der Waals surface area contributed by atoms with Gasteiger partial charge in [-0.25, -0.2) is 15.0 Å². The standard InChI is InChI=1S/C60H37N3O3/c1-60(2)48-23-6-3-15-38(48)39-29-27-37(33-49(39)60)35-14-9-13-34(31-35)36-28-30-52-47(32-36)54-44(20-12-26-53(54)64-52)57-61-58(45-21-10-18-42-40-16-4-7-24-50(40)65-55(42)45)63-59(62-57)46-22-11-19-43-41-17-5-8-25-51(41)66-56(43)46/h3-33H,1-2H3. The molecule has 0 aliphatic heterocycles. The molecule has 1 aliphatic carbocycles. The van der Waals surface area contributed by atoms with E-state index in [4.69, 9.17) is 28.2 Å². The fourth-order valence-corrected chi connectivity index (χ4v) is 10.5. The van der Waals surface area contributed by atoms with E-state index < -0.39 is 0 Å². The molecule has 0 radical (unpaired) electrons. The van der Waals surface area contributed by atoms with E-state index in [0.29, 0.717) is 17.5 Å². The van der Waals surface area contributed by atoms with Gasteiger partial charge in [0.05, 0.1) is 11.1 Å². The highest BCUT2D eigenvalue weighted by Crippen LogP contribution is 2.50. The van der Waals surface area contributed by atoms with Gasteiger partial charge in [-0.05, 0) is 99.1 Å². The maximum Gasteiger partial charge on any atom is 0.167 e. The number of nitrogens with zero attached hydrogens (tertiary/aromatic N) is 3. The zero-order valence-corrected chi connectivity index (χ0v) is 36.0. The van der Waals surface area contributed by atoms with Crippen LogP contribution < -0.4 is 0 Å². The summed E-state index contributed by atoms with van der Waals surface area (Å²) < 4.78 is 19.7. The Labute approximate surface area is 378 Å². The van der Waals surface area contributed by atoms with Crippen LogP contribution in [0.3, 0.4) is 0 Å². The van der Waals surface area contributed by atoms with Crippen LogP contribution in [0.1, 0.15) is 25.0 Å². The monoisotopic (exact) mass is 847 g/mol. The van der Waals surface area contributed by atoms with Crippen molar-refractivity contribution in [3.05, 3.63) is 199 Å². The second-order valence-electron chi connectivity index (χ2n) is 17.9. The Kier molecular flexibility index (Phi) is 7.64. The predicted octanol–water partition coefficient (Wildman–Crippen LogP) is 16.2. The van der Waals surface area contributed by atoms with Crippen molar-refractivity contribution in [2.45, 2.75) is 19.3 Å². The normalized spacial score (nSPS) is 13.1. The number of hydrogen-bond donors (Lipinski definition) is 0. The van der Waals surface area contributed by atoms with Crippen molar-refractivity contribution >= 4 is 65.8 Å². The first kappa shape index (κ1) is 36.8. The van der Waals surface area contributed by atoms with Crippen molar-refractivity contribution < 1.29 is 13.3 Å². The second kappa shape index (κ2) is 13.7. The van der Waals surface area contributed by atoms with Crippen LogP contribution >= 0.6 is 0 Å². The van der Waals surface area contributed by atoms with E-state index in [9.17, 15) is 0 Å². The molecule has 0 spiro atoms. The van der Waals surface area contributed by atoms with E-state index in [1.54, 1.807) is 0 Å². The summed E-state index contributed by atoms with van der Waals surface area (Å²) in [5.74, 6) is 1.50. The highest BCUT2D eigenvalue weighted by Gasteiger charge is 2.35. The molecule has 0 bridgehead atoms. The molecule has 6 nitrogen and oxygen atoms in total. The molecule has 310 valence electrons. The molecule has 1 aliphatic rings. The number of furan rings is 3. The molecule has 4 heterocycles. The van der Waals surface area contributed by atoms with E-state index in [0.717, 1.165) is 93.6 Å². The largest absolute Gasteiger partial charge is 0.456 e. The molecular weight excluding hydrogens is 811 g/mol. The topological polar surface area (TPSA) is 78.1 Å². The molecule has 14 rings (SSSR count). The highest BCUT2D eigenvalue weighted by atomic mass is 16.3. The molecule has 6 heteroatoms. The average molecular weight is 848 g/mol. The van der Waals surface area contributed by atoms with Crippen LogP contribution in [0.4, 0.5) is 0 Å². The first-order valence-corrected chi connectivity index (χ1v) is 22.3. The van der Waals surface area contributed by atoms with Gasteiger partial charge < -0.3 is 13.3 Å². The van der Waals surface area contributed by atoms with Gasteiger partial charge in [-0.2, -0.15) is 0 Å². The van der Waals surface area contributed by atoms with Crippen LogP contribution in [-0.2, 0) is 5.41 Å². The molecule has 4 aromatic heterocycles. The van der Waals surface area contributed by atoms with E-state index in [2.05, 4.69) is 129 Å². The Bertz CT molecular complexity index is 4040. The van der Waals surface area contributed by atoms with Crippen molar-refractivity contribution in [3.63, 3.8) is 0 Å². The Morgan fingerprint density at radius 2 is 0.788 bits per heavy atom. The van der Waals surface area contributed by atoms with Crippen molar-refractivity contribution in [2.24, 2.45) is 0 Å². The highest BCUT2D eigenvalue weighted by molar-refractivity contribution is 6.14. The van der Waals surface area contributed by atoms with Gasteiger partial charge in [0.25, 0.3) is 0 Å². The van der Waals surface area contributed by atoms with Crippen LogP contribution in [0, 0.1) is 0 Å². The fourth-order valence-electron chi connectivity index (χ4n) is 10.5. The van der Waals surface area contributed by atoms with E-state index in [-0.39, 0.29) is 5.41 Å². The third kappa shape index (κ3) is 5.39. The molecule has 0 amide bonds. The molecule has 0 saturated carbocycles. The van der Waals surface area contributed by atoms with Crippen LogP contribution in [0.5, 0.6) is 0 Å². The minimum Gasteiger partial charge on any atom is -0.456 e. The SMILES string of the molecule is CC1(C)c2ccccc2-c2ccc(-c3cccc(-c4ccc5oc6cccc(-c7nc(-c8cccc9c8oc8ccccc89)nc(-c8cccc9c8oc8ccccc89)n7)c6c5c4)c3)cc21. The summed E-state index contributed by atoms with van der Waals surface area (Å²) >= 11 is 0. The molecule has 0 fully saturated rings. The Balaban J connectivity index is 0.942. The Morgan fingerprint density at radius 3 is 1.48 bits per heavy atom. The van der Waals surface area contributed by atoms with Crippen LogP contribution in [0.2, 0.25) is 0 Å². The number of rotatable bonds is 5. The van der Waals surface area contributed by atoms with Gasteiger partial charge >= 0.3 is 0 Å². The first-order chi connectivity index (χ1) is 32.4. The summed E-state index contributed by atoms with van der Waals surface area (Å²) in [5, 5.41) is 5.97. The van der Waals surface area contributed by atoms with Crippen LogP contribution in [0.15, 0.2) is 201 Å². The van der Waals surface area contributed by atoms with Gasteiger partial charge in [0.2, 0.25) is 0 Å². The number of fused-ring (bicyclic) bond motifs is 12. The summed E-state index contributed by atoms with van der Waals surface area (Å²) in [7, 11) is 0. The molecule has 13 aromatic rings. The van der Waals surface area contributed by atoms with Gasteiger partial charge in [-0.1, -0.05) is 147 Å². The minimum atomic E-state index is -0.0772. The summed E-state index contributed by atoms with van der Waals surface area (Å²) in [6, 6.07) is 65.6. The van der Waals surface area contributed by atoms with Gasteiger partial charge in [0.1, 0.15) is 33.5 Å². The zero-order valence-electron chi connectivity index (χ0n) is 36.0.